The maximum Gasteiger partial charge on any atom is 0.235 e. The predicted octanol–water partition coefficient (Wildman–Crippen LogP) is 1.02. The van der Waals surface area contributed by atoms with Gasteiger partial charge in [-0.2, -0.15) is 4.31 Å². The number of carbonyl (C=O) groups is 1. The van der Waals surface area contributed by atoms with Crippen molar-refractivity contribution in [1.29, 1.82) is 0 Å². The molecule has 0 aliphatic heterocycles. The summed E-state index contributed by atoms with van der Waals surface area (Å²) in [5, 5.41) is 2.74. The Labute approximate surface area is 132 Å². The number of hydrogen-bond donors (Lipinski definition) is 1. The fraction of sp³-hybridized carbons (Fsp3) is 0.533. The Morgan fingerprint density at radius 1 is 1.32 bits per heavy atom. The van der Waals surface area contributed by atoms with Crippen LogP contribution in [0.25, 0.3) is 0 Å². The van der Waals surface area contributed by atoms with Crippen molar-refractivity contribution in [2.24, 2.45) is 0 Å². The largest absolute Gasteiger partial charge is 0.496 e. The van der Waals surface area contributed by atoms with Gasteiger partial charge in [0.25, 0.3) is 0 Å². The molecule has 0 atom stereocenters. The van der Waals surface area contributed by atoms with Gasteiger partial charge in [0.15, 0.2) is 0 Å². The molecule has 0 saturated carbocycles. The molecule has 6 nitrogen and oxygen atoms in total. The van der Waals surface area contributed by atoms with Crippen LogP contribution in [-0.4, -0.2) is 51.1 Å². The SMILES string of the molecule is COc1ccccc1CCNC(=O)CN(C(C)C)S(C)(=O)=O. The minimum Gasteiger partial charge on any atom is -0.496 e. The van der Waals surface area contributed by atoms with Gasteiger partial charge in [0.2, 0.25) is 15.9 Å². The molecule has 0 fully saturated rings. The zero-order valence-electron chi connectivity index (χ0n) is 13.5. The Bertz CT molecular complexity index is 599. The monoisotopic (exact) mass is 328 g/mol. The standard InChI is InChI=1S/C15H24N2O4S/c1-12(2)17(22(4,19)20)11-15(18)16-10-9-13-7-5-6-8-14(13)21-3/h5-8,12H,9-11H2,1-4H3,(H,16,18). The van der Waals surface area contributed by atoms with Crippen LogP contribution >= 0.6 is 0 Å². The minimum absolute atomic E-state index is 0.164. The van der Waals surface area contributed by atoms with Gasteiger partial charge in [0, 0.05) is 12.6 Å². The van der Waals surface area contributed by atoms with Crippen molar-refractivity contribution in [1.82, 2.24) is 9.62 Å². The first-order valence-corrected chi connectivity index (χ1v) is 8.96. The van der Waals surface area contributed by atoms with Gasteiger partial charge in [0.05, 0.1) is 19.9 Å². The molecule has 7 heteroatoms. The van der Waals surface area contributed by atoms with Crippen LogP contribution in [0.15, 0.2) is 24.3 Å². The molecule has 0 aromatic heterocycles. The summed E-state index contributed by atoms with van der Waals surface area (Å²) in [7, 11) is -1.79. The molecule has 0 radical (unpaired) electrons. The van der Waals surface area contributed by atoms with Crippen LogP contribution < -0.4 is 10.1 Å². The first kappa shape index (κ1) is 18.4. The Kier molecular flexibility index (Phi) is 6.83. The summed E-state index contributed by atoms with van der Waals surface area (Å²) in [5.74, 6) is 0.464. The van der Waals surface area contributed by atoms with E-state index in [0.717, 1.165) is 17.6 Å². The highest BCUT2D eigenvalue weighted by Crippen LogP contribution is 2.17. The van der Waals surface area contributed by atoms with Gasteiger partial charge < -0.3 is 10.1 Å². The zero-order valence-corrected chi connectivity index (χ0v) is 14.3. The summed E-state index contributed by atoms with van der Waals surface area (Å²) in [4.78, 5) is 11.9. The Balaban J connectivity index is 2.53. The molecule has 1 N–H and O–H groups in total. The van der Waals surface area contributed by atoms with E-state index in [1.54, 1.807) is 21.0 Å². The second-order valence-corrected chi connectivity index (χ2v) is 7.25. The number of para-hydroxylation sites is 1. The van der Waals surface area contributed by atoms with Gasteiger partial charge in [-0.25, -0.2) is 8.42 Å². The maximum atomic E-state index is 11.9. The van der Waals surface area contributed by atoms with Gasteiger partial charge in [0.1, 0.15) is 5.75 Å². The van der Waals surface area contributed by atoms with Crippen molar-refractivity contribution in [3.63, 3.8) is 0 Å². The van der Waals surface area contributed by atoms with E-state index in [9.17, 15) is 13.2 Å². The van der Waals surface area contributed by atoms with Crippen LogP contribution in [0.1, 0.15) is 19.4 Å². The minimum atomic E-state index is -3.39. The summed E-state index contributed by atoms with van der Waals surface area (Å²) in [6.45, 7) is 3.74. The molecular weight excluding hydrogens is 304 g/mol. The third-order valence-electron chi connectivity index (χ3n) is 3.21. The molecule has 0 aliphatic rings. The number of sulfonamides is 1. The van der Waals surface area contributed by atoms with Crippen LogP contribution in [-0.2, 0) is 21.2 Å². The molecule has 0 heterocycles. The lowest BCUT2D eigenvalue weighted by molar-refractivity contribution is -0.121. The molecule has 22 heavy (non-hydrogen) atoms. The summed E-state index contributed by atoms with van der Waals surface area (Å²) < 4.78 is 29.6. The number of benzene rings is 1. The van der Waals surface area contributed by atoms with E-state index < -0.39 is 10.0 Å². The summed E-state index contributed by atoms with van der Waals surface area (Å²) >= 11 is 0. The lowest BCUT2D eigenvalue weighted by Gasteiger charge is -2.23. The third kappa shape index (κ3) is 5.65. The molecule has 0 aliphatic carbocycles. The van der Waals surface area contributed by atoms with E-state index >= 15 is 0 Å². The van der Waals surface area contributed by atoms with E-state index in [4.69, 9.17) is 4.74 Å². The van der Waals surface area contributed by atoms with Crippen molar-refractivity contribution in [3.05, 3.63) is 29.8 Å². The number of carbonyl (C=O) groups excluding carboxylic acids is 1. The summed E-state index contributed by atoms with van der Waals surface area (Å²) in [6.07, 6.45) is 1.73. The predicted molar refractivity (Wildman–Crippen MR) is 86.4 cm³/mol. The Morgan fingerprint density at radius 2 is 1.95 bits per heavy atom. The third-order valence-corrected chi connectivity index (χ3v) is 4.61. The lowest BCUT2D eigenvalue weighted by Crippen LogP contribution is -2.44. The fourth-order valence-corrected chi connectivity index (χ4v) is 3.24. The molecule has 1 rings (SSSR count). The number of hydrogen-bond acceptors (Lipinski definition) is 4. The molecule has 0 unspecified atom stereocenters. The summed E-state index contributed by atoms with van der Waals surface area (Å²) in [6, 6.07) is 7.33. The highest BCUT2D eigenvalue weighted by Gasteiger charge is 2.22. The van der Waals surface area contributed by atoms with Gasteiger partial charge in [-0.1, -0.05) is 18.2 Å². The van der Waals surface area contributed by atoms with E-state index in [1.165, 1.54) is 4.31 Å². The fourth-order valence-electron chi connectivity index (χ4n) is 2.13. The molecule has 1 amide bonds. The molecule has 1 aromatic rings. The zero-order chi connectivity index (χ0) is 16.8. The normalized spacial score (nSPS) is 11.7. The lowest BCUT2D eigenvalue weighted by atomic mass is 10.1. The van der Waals surface area contributed by atoms with Crippen LogP contribution in [0.4, 0.5) is 0 Å². The first-order chi connectivity index (χ1) is 10.3. The number of methoxy groups -OCH3 is 1. The molecular formula is C15H24N2O4S. The summed E-state index contributed by atoms with van der Waals surface area (Å²) in [5.41, 5.74) is 0.995. The van der Waals surface area contributed by atoms with Crippen molar-refractivity contribution in [2.45, 2.75) is 26.3 Å². The topological polar surface area (TPSA) is 75.7 Å². The van der Waals surface area contributed by atoms with Crippen LogP contribution in [0.2, 0.25) is 0 Å². The van der Waals surface area contributed by atoms with Gasteiger partial charge >= 0.3 is 0 Å². The second kappa shape index (κ2) is 8.14. The average Bonchev–Trinajstić information content (AvgIpc) is 2.43. The van der Waals surface area contributed by atoms with Crippen LogP contribution in [0.5, 0.6) is 5.75 Å². The van der Waals surface area contributed by atoms with Crippen LogP contribution in [0, 0.1) is 0 Å². The van der Waals surface area contributed by atoms with Crippen molar-refractivity contribution < 1.29 is 17.9 Å². The second-order valence-electron chi connectivity index (χ2n) is 5.31. The molecule has 0 spiro atoms. The molecule has 0 bridgehead atoms. The molecule has 124 valence electrons. The molecule has 1 aromatic carbocycles. The number of ether oxygens (including phenoxy) is 1. The number of rotatable bonds is 8. The van der Waals surface area contributed by atoms with E-state index in [2.05, 4.69) is 5.32 Å². The maximum absolute atomic E-state index is 11.9. The number of nitrogens with zero attached hydrogens (tertiary/aromatic N) is 1. The Morgan fingerprint density at radius 3 is 2.50 bits per heavy atom. The van der Waals surface area contributed by atoms with Crippen molar-refractivity contribution in [2.75, 3.05) is 26.5 Å². The van der Waals surface area contributed by atoms with Crippen molar-refractivity contribution in [3.8, 4) is 5.75 Å². The van der Waals surface area contributed by atoms with Crippen LogP contribution in [0.3, 0.4) is 0 Å². The van der Waals surface area contributed by atoms with Gasteiger partial charge in [-0.05, 0) is 31.9 Å². The highest BCUT2D eigenvalue weighted by molar-refractivity contribution is 7.88. The van der Waals surface area contributed by atoms with E-state index in [0.29, 0.717) is 13.0 Å². The van der Waals surface area contributed by atoms with E-state index in [1.807, 2.05) is 24.3 Å². The highest BCUT2D eigenvalue weighted by atomic mass is 32.2. The average molecular weight is 328 g/mol. The van der Waals surface area contributed by atoms with Gasteiger partial charge in [-0.15, -0.1) is 0 Å². The Hall–Kier alpha value is -1.60. The quantitative estimate of drug-likeness (QED) is 0.773. The van der Waals surface area contributed by atoms with Crippen molar-refractivity contribution >= 4 is 15.9 Å². The van der Waals surface area contributed by atoms with Gasteiger partial charge in [-0.3, -0.25) is 4.79 Å². The number of amides is 1. The number of nitrogens with one attached hydrogen (secondary N) is 1. The smallest absolute Gasteiger partial charge is 0.235 e. The first-order valence-electron chi connectivity index (χ1n) is 7.11. The van der Waals surface area contributed by atoms with E-state index in [-0.39, 0.29) is 18.5 Å². The molecule has 0 saturated heterocycles.